The monoisotopic (exact) mass is 331 g/mol. The van der Waals surface area contributed by atoms with Crippen molar-refractivity contribution in [1.82, 2.24) is 0 Å². The van der Waals surface area contributed by atoms with Crippen molar-refractivity contribution in [2.75, 3.05) is 6.61 Å². The zero-order valence-electron chi connectivity index (χ0n) is 10.4. The van der Waals surface area contributed by atoms with Crippen LogP contribution in [0, 0.1) is 0 Å². The Hall–Kier alpha value is -0.0900. The SMILES string of the molecule is NC(CCCC1CCCO1)c1cc(Br)ccc1Cl. The first-order valence-electron chi connectivity index (χ1n) is 6.49. The average molecular weight is 333 g/mol. The molecule has 1 heterocycles. The van der Waals surface area contributed by atoms with Gasteiger partial charge in [-0.25, -0.2) is 0 Å². The largest absolute Gasteiger partial charge is 0.378 e. The molecule has 1 aliphatic rings. The molecule has 100 valence electrons. The van der Waals surface area contributed by atoms with Gasteiger partial charge in [-0.1, -0.05) is 27.5 Å². The Morgan fingerprint density at radius 2 is 2.33 bits per heavy atom. The summed E-state index contributed by atoms with van der Waals surface area (Å²) in [5.41, 5.74) is 7.23. The van der Waals surface area contributed by atoms with E-state index in [1.807, 2.05) is 18.2 Å². The lowest BCUT2D eigenvalue weighted by molar-refractivity contribution is 0.101. The summed E-state index contributed by atoms with van der Waals surface area (Å²) in [6, 6.07) is 5.85. The third-order valence-corrected chi connectivity index (χ3v) is 4.26. The van der Waals surface area contributed by atoms with E-state index in [-0.39, 0.29) is 6.04 Å². The van der Waals surface area contributed by atoms with Gasteiger partial charge in [-0.15, -0.1) is 0 Å². The van der Waals surface area contributed by atoms with Crippen LogP contribution in [0.25, 0.3) is 0 Å². The molecule has 2 atom stereocenters. The van der Waals surface area contributed by atoms with Gasteiger partial charge in [0.1, 0.15) is 0 Å². The molecule has 18 heavy (non-hydrogen) atoms. The van der Waals surface area contributed by atoms with Gasteiger partial charge in [0.15, 0.2) is 0 Å². The Morgan fingerprint density at radius 1 is 1.50 bits per heavy atom. The lowest BCUT2D eigenvalue weighted by atomic mass is 10.00. The number of halogens is 2. The predicted octanol–water partition coefficient (Wildman–Crippen LogP) is 4.45. The molecule has 1 saturated heterocycles. The smallest absolute Gasteiger partial charge is 0.0576 e. The van der Waals surface area contributed by atoms with Gasteiger partial charge >= 0.3 is 0 Å². The van der Waals surface area contributed by atoms with Gasteiger partial charge in [0, 0.05) is 22.1 Å². The van der Waals surface area contributed by atoms with Crippen LogP contribution in [-0.4, -0.2) is 12.7 Å². The number of hydrogen-bond acceptors (Lipinski definition) is 2. The van der Waals surface area contributed by atoms with E-state index >= 15 is 0 Å². The zero-order valence-corrected chi connectivity index (χ0v) is 12.7. The van der Waals surface area contributed by atoms with E-state index < -0.39 is 0 Å². The molecule has 2 rings (SSSR count). The fraction of sp³-hybridized carbons (Fsp3) is 0.571. The van der Waals surface area contributed by atoms with Gasteiger partial charge in [-0.3, -0.25) is 0 Å². The molecule has 1 aromatic rings. The molecule has 2 N–H and O–H groups in total. The highest BCUT2D eigenvalue weighted by molar-refractivity contribution is 9.10. The maximum Gasteiger partial charge on any atom is 0.0576 e. The van der Waals surface area contributed by atoms with E-state index in [1.165, 1.54) is 12.8 Å². The Balaban J connectivity index is 1.83. The van der Waals surface area contributed by atoms with E-state index in [1.54, 1.807) is 0 Å². The van der Waals surface area contributed by atoms with Gasteiger partial charge in [-0.2, -0.15) is 0 Å². The van der Waals surface area contributed by atoms with Crippen molar-refractivity contribution in [2.24, 2.45) is 5.73 Å². The lowest BCUT2D eigenvalue weighted by Gasteiger charge is -2.15. The van der Waals surface area contributed by atoms with E-state index in [4.69, 9.17) is 22.1 Å². The molecule has 0 aliphatic carbocycles. The lowest BCUT2D eigenvalue weighted by Crippen LogP contribution is -2.12. The highest BCUT2D eigenvalue weighted by Gasteiger charge is 2.16. The second-order valence-electron chi connectivity index (χ2n) is 4.84. The maximum atomic E-state index is 6.20. The van der Waals surface area contributed by atoms with Crippen molar-refractivity contribution in [3.05, 3.63) is 33.3 Å². The van der Waals surface area contributed by atoms with Crippen molar-refractivity contribution in [2.45, 2.75) is 44.2 Å². The van der Waals surface area contributed by atoms with E-state index in [2.05, 4.69) is 15.9 Å². The molecule has 0 saturated carbocycles. The molecule has 1 aromatic carbocycles. The average Bonchev–Trinajstić information content (AvgIpc) is 2.85. The first-order chi connectivity index (χ1) is 8.66. The molecule has 1 aliphatic heterocycles. The first-order valence-corrected chi connectivity index (χ1v) is 7.66. The van der Waals surface area contributed by atoms with Crippen LogP contribution in [0.2, 0.25) is 5.02 Å². The van der Waals surface area contributed by atoms with Crippen molar-refractivity contribution < 1.29 is 4.74 Å². The summed E-state index contributed by atoms with van der Waals surface area (Å²) < 4.78 is 6.63. The number of hydrogen-bond donors (Lipinski definition) is 1. The van der Waals surface area contributed by atoms with Crippen LogP contribution < -0.4 is 5.73 Å². The van der Waals surface area contributed by atoms with Crippen molar-refractivity contribution in [3.8, 4) is 0 Å². The topological polar surface area (TPSA) is 35.2 Å². The molecule has 2 nitrogen and oxygen atoms in total. The Kier molecular flexibility index (Phi) is 5.49. The molecule has 0 aromatic heterocycles. The molecular formula is C14H19BrClNO. The quantitative estimate of drug-likeness (QED) is 0.864. The molecule has 1 fully saturated rings. The Bertz CT molecular complexity index is 393. The first kappa shape index (κ1) is 14.3. The van der Waals surface area contributed by atoms with Crippen LogP contribution in [0.4, 0.5) is 0 Å². The standard InChI is InChI=1S/C14H19BrClNO/c15-10-6-7-13(16)12(9-10)14(17)5-1-3-11-4-2-8-18-11/h6-7,9,11,14H,1-5,8,17H2. The Labute approximate surface area is 122 Å². The summed E-state index contributed by atoms with van der Waals surface area (Å²) in [7, 11) is 0. The maximum absolute atomic E-state index is 6.20. The van der Waals surface area contributed by atoms with Crippen LogP contribution in [0.5, 0.6) is 0 Å². The van der Waals surface area contributed by atoms with Gasteiger partial charge in [-0.05, 0) is 55.9 Å². The number of ether oxygens (including phenoxy) is 1. The van der Waals surface area contributed by atoms with Gasteiger partial charge < -0.3 is 10.5 Å². The molecular weight excluding hydrogens is 314 g/mol. The third-order valence-electron chi connectivity index (χ3n) is 3.42. The van der Waals surface area contributed by atoms with E-state index in [0.29, 0.717) is 6.10 Å². The number of benzene rings is 1. The summed E-state index contributed by atoms with van der Waals surface area (Å²) >= 11 is 9.62. The second-order valence-corrected chi connectivity index (χ2v) is 6.16. The minimum atomic E-state index is 0.0106. The summed E-state index contributed by atoms with van der Waals surface area (Å²) in [4.78, 5) is 0. The fourth-order valence-electron chi connectivity index (χ4n) is 2.39. The predicted molar refractivity (Wildman–Crippen MR) is 78.9 cm³/mol. The summed E-state index contributed by atoms with van der Waals surface area (Å²) in [6.07, 6.45) is 6.01. The summed E-state index contributed by atoms with van der Waals surface area (Å²) in [5, 5.41) is 0.753. The molecule has 2 unspecified atom stereocenters. The van der Waals surface area contributed by atoms with Crippen LogP contribution in [-0.2, 0) is 4.74 Å². The second kappa shape index (κ2) is 6.90. The number of rotatable bonds is 5. The molecule has 4 heteroatoms. The van der Waals surface area contributed by atoms with Crippen molar-refractivity contribution in [1.29, 1.82) is 0 Å². The summed E-state index contributed by atoms with van der Waals surface area (Å²) in [5.74, 6) is 0. The molecule has 0 amide bonds. The van der Waals surface area contributed by atoms with Gasteiger partial charge in [0.25, 0.3) is 0 Å². The zero-order chi connectivity index (χ0) is 13.0. The Morgan fingerprint density at radius 3 is 3.06 bits per heavy atom. The summed E-state index contributed by atoms with van der Waals surface area (Å²) in [6.45, 7) is 0.925. The number of nitrogens with two attached hydrogens (primary N) is 1. The van der Waals surface area contributed by atoms with Crippen LogP contribution >= 0.6 is 27.5 Å². The molecule has 0 radical (unpaired) electrons. The highest BCUT2D eigenvalue weighted by Crippen LogP contribution is 2.28. The van der Waals surface area contributed by atoms with Gasteiger partial charge in [0.2, 0.25) is 0 Å². The normalized spacial score (nSPS) is 21.2. The van der Waals surface area contributed by atoms with E-state index in [9.17, 15) is 0 Å². The van der Waals surface area contributed by atoms with Crippen LogP contribution in [0.15, 0.2) is 22.7 Å². The van der Waals surface area contributed by atoms with Crippen LogP contribution in [0.3, 0.4) is 0 Å². The minimum absolute atomic E-state index is 0.0106. The van der Waals surface area contributed by atoms with Crippen molar-refractivity contribution >= 4 is 27.5 Å². The third kappa shape index (κ3) is 3.95. The van der Waals surface area contributed by atoms with Crippen LogP contribution in [0.1, 0.15) is 43.7 Å². The van der Waals surface area contributed by atoms with Crippen molar-refractivity contribution in [3.63, 3.8) is 0 Å². The van der Waals surface area contributed by atoms with E-state index in [0.717, 1.165) is 40.9 Å². The highest BCUT2D eigenvalue weighted by atomic mass is 79.9. The van der Waals surface area contributed by atoms with Gasteiger partial charge in [0.05, 0.1) is 6.10 Å². The minimum Gasteiger partial charge on any atom is -0.378 e. The molecule has 0 spiro atoms. The fourth-order valence-corrected chi connectivity index (χ4v) is 3.03. The molecule has 0 bridgehead atoms.